The number of nitrogens with zero attached hydrogens (tertiary/aromatic N) is 3. The summed E-state index contributed by atoms with van der Waals surface area (Å²) >= 11 is 13.8. The van der Waals surface area contributed by atoms with Gasteiger partial charge in [-0.15, -0.1) is 11.3 Å². The molecule has 0 aromatic carbocycles. The third-order valence-electron chi connectivity index (χ3n) is 4.27. The maximum absolute atomic E-state index is 11.7. The maximum atomic E-state index is 11.7. The van der Waals surface area contributed by atoms with Crippen molar-refractivity contribution in [1.82, 2.24) is 14.6 Å². The first kappa shape index (κ1) is 18.2. The van der Waals surface area contributed by atoms with Crippen LogP contribution in [0.25, 0.3) is 16.1 Å². The smallest absolute Gasteiger partial charge is 0.257 e. The van der Waals surface area contributed by atoms with Gasteiger partial charge in [0.25, 0.3) is 5.24 Å². The summed E-state index contributed by atoms with van der Waals surface area (Å²) in [5, 5.41) is 9.53. The van der Waals surface area contributed by atoms with Gasteiger partial charge in [-0.3, -0.25) is 4.79 Å². The van der Waals surface area contributed by atoms with Crippen molar-refractivity contribution in [2.45, 2.75) is 33.7 Å². The van der Waals surface area contributed by atoms with E-state index in [1.54, 1.807) is 15.9 Å². The third-order valence-corrected chi connectivity index (χ3v) is 5.78. The van der Waals surface area contributed by atoms with Crippen LogP contribution in [0.3, 0.4) is 0 Å². The van der Waals surface area contributed by atoms with E-state index in [0.717, 1.165) is 16.0 Å². The van der Waals surface area contributed by atoms with Crippen molar-refractivity contribution < 1.29 is 4.79 Å². The molecule has 132 valence electrons. The summed E-state index contributed by atoms with van der Waals surface area (Å²) in [7, 11) is 0. The summed E-state index contributed by atoms with van der Waals surface area (Å²) in [6.45, 7) is 8.38. The lowest BCUT2D eigenvalue weighted by molar-refractivity contribution is 0.108. The molecular weight excluding hydrogens is 379 g/mol. The molecule has 5 nitrogen and oxygen atoms in total. The molecule has 1 N–H and O–H groups in total. The Kier molecular flexibility index (Phi) is 5.04. The number of thiophene rings is 1. The fraction of sp³-hybridized carbons (Fsp3) is 0.353. The SMILES string of the molecule is Cc1ccsc1-c1c(Cl)nc2c(C(=O)Cl)cnn2c1NC(C)C(C)C. The Labute approximate surface area is 160 Å². The molecule has 1 atom stereocenters. The molecule has 8 heteroatoms. The van der Waals surface area contributed by atoms with E-state index in [1.807, 2.05) is 18.4 Å². The second-order valence-electron chi connectivity index (χ2n) is 6.30. The zero-order valence-electron chi connectivity index (χ0n) is 14.3. The van der Waals surface area contributed by atoms with Gasteiger partial charge in [-0.25, -0.2) is 4.98 Å². The van der Waals surface area contributed by atoms with Gasteiger partial charge in [0, 0.05) is 10.9 Å². The number of fused-ring (bicyclic) bond motifs is 1. The lowest BCUT2D eigenvalue weighted by Gasteiger charge is -2.22. The van der Waals surface area contributed by atoms with E-state index in [4.69, 9.17) is 23.2 Å². The predicted octanol–water partition coefficient (Wildman–Crippen LogP) is 5.26. The average Bonchev–Trinajstić information content (AvgIpc) is 3.13. The van der Waals surface area contributed by atoms with Gasteiger partial charge in [0.1, 0.15) is 11.0 Å². The zero-order chi connectivity index (χ0) is 18.3. The minimum absolute atomic E-state index is 0.167. The normalized spacial score (nSPS) is 12.8. The summed E-state index contributed by atoms with van der Waals surface area (Å²) in [6, 6.07) is 2.20. The van der Waals surface area contributed by atoms with Gasteiger partial charge >= 0.3 is 0 Å². The molecule has 0 saturated heterocycles. The van der Waals surface area contributed by atoms with E-state index < -0.39 is 5.24 Å². The van der Waals surface area contributed by atoms with Crippen LogP contribution in [0, 0.1) is 12.8 Å². The molecule has 0 saturated carbocycles. The first-order valence-electron chi connectivity index (χ1n) is 7.89. The largest absolute Gasteiger partial charge is 0.367 e. The zero-order valence-corrected chi connectivity index (χ0v) is 16.6. The second-order valence-corrected chi connectivity index (χ2v) is 7.92. The highest BCUT2D eigenvalue weighted by Crippen LogP contribution is 2.40. The monoisotopic (exact) mass is 396 g/mol. The van der Waals surface area contributed by atoms with Crippen molar-refractivity contribution in [3.05, 3.63) is 33.9 Å². The molecule has 0 aliphatic carbocycles. The molecule has 0 aliphatic heterocycles. The topological polar surface area (TPSA) is 59.3 Å². The fourth-order valence-corrected chi connectivity index (χ4v) is 3.88. The Balaban J connectivity index is 2.32. The molecule has 0 aliphatic rings. The number of aromatic nitrogens is 3. The Morgan fingerprint density at radius 2 is 2.08 bits per heavy atom. The van der Waals surface area contributed by atoms with Crippen molar-refractivity contribution in [3.8, 4) is 10.4 Å². The molecule has 3 aromatic heterocycles. The van der Waals surface area contributed by atoms with Gasteiger partial charge < -0.3 is 5.32 Å². The summed E-state index contributed by atoms with van der Waals surface area (Å²) in [6.07, 6.45) is 1.42. The van der Waals surface area contributed by atoms with E-state index >= 15 is 0 Å². The Morgan fingerprint density at radius 3 is 2.64 bits per heavy atom. The van der Waals surface area contributed by atoms with Crippen LogP contribution in [0.5, 0.6) is 0 Å². The molecular formula is C17H18Cl2N4OS. The Bertz CT molecular complexity index is 948. The number of halogens is 2. The van der Waals surface area contributed by atoms with Crippen molar-refractivity contribution in [2.75, 3.05) is 5.32 Å². The average molecular weight is 397 g/mol. The van der Waals surface area contributed by atoms with Crippen LogP contribution in [0.1, 0.15) is 36.7 Å². The number of carbonyl (C=O) groups excluding carboxylic acids is 1. The molecule has 1 unspecified atom stereocenters. The van der Waals surface area contributed by atoms with E-state index in [0.29, 0.717) is 22.5 Å². The van der Waals surface area contributed by atoms with Gasteiger partial charge in [-0.2, -0.15) is 9.61 Å². The lowest BCUT2D eigenvalue weighted by Crippen LogP contribution is -2.24. The van der Waals surface area contributed by atoms with Crippen LogP contribution in [0.4, 0.5) is 5.82 Å². The molecule has 3 rings (SSSR count). The molecule has 3 heterocycles. The number of hydrogen-bond acceptors (Lipinski definition) is 5. The lowest BCUT2D eigenvalue weighted by atomic mass is 10.1. The number of nitrogens with one attached hydrogen (secondary N) is 1. The number of anilines is 1. The summed E-state index contributed by atoms with van der Waals surface area (Å²) in [5.74, 6) is 1.11. The van der Waals surface area contributed by atoms with Crippen molar-refractivity contribution in [1.29, 1.82) is 0 Å². The highest BCUT2D eigenvalue weighted by Gasteiger charge is 2.24. The molecule has 0 spiro atoms. The highest BCUT2D eigenvalue weighted by atomic mass is 35.5. The number of rotatable bonds is 5. The number of aryl methyl sites for hydroxylation is 1. The van der Waals surface area contributed by atoms with Crippen LogP contribution in [-0.4, -0.2) is 25.9 Å². The standard InChI is InChI=1S/C17H18Cl2N4OS/c1-8(2)10(4)21-17-12(13-9(3)5-6-25-13)14(18)22-16-11(15(19)24)7-20-23(16)17/h5-8,10,21H,1-4H3. The summed E-state index contributed by atoms with van der Waals surface area (Å²) < 4.78 is 1.61. The van der Waals surface area contributed by atoms with Crippen LogP contribution in [0.2, 0.25) is 5.15 Å². The molecule has 0 radical (unpaired) electrons. The summed E-state index contributed by atoms with van der Waals surface area (Å²) in [4.78, 5) is 17.1. The quantitative estimate of drug-likeness (QED) is 0.472. The minimum atomic E-state index is -0.610. The van der Waals surface area contributed by atoms with Gasteiger partial charge in [-0.1, -0.05) is 25.4 Å². The van der Waals surface area contributed by atoms with Crippen molar-refractivity contribution in [2.24, 2.45) is 5.92 Å². The van der Waals surface area contributed by atoms with Crippen molar-refractivity contribution >= 4 is 51.2 Å². The van der Waals surface area contributed by atoms with Gasteiger partial charge in [-0.05, 0) is 48.4 Å². The van der Waals surface area contributed by atoms with Crippen LogP contribution in [0.15, 0.2) is 17.6 Å². The fourth-order valence-electron chi connectivity index (χ4n) is 2.45. The third kappa shape index (κ3) is 3.26. The summed E-state index contributed by atoms with van der Waals surface area (Å²) in [5.41, 5.74) is 2.47. The van der Waals surface area contributed by atoms with E-state index in [-0.39, 0.29) is 11.6 Å². The predicted molar refractivity (Wildman–Crippen MR) is 104 cm³/mol. The van der Waals surface area contributed by atoms with Gasteiger partial charge in [0.15, 0.2) is 5.65 Å². The Morgan fingerprint density at radius 1 is 1.36 bits per heavy atom. The maximum Gasteiger partial charge on any atom is 0.257 e. The Hall–Kier alpha value is -1.63. The van der Waals surface area contributed by atoms with Gasteiger partial charge in [0.05, 0.1) is 17.3 Å². The van der Waals surface area contributed by atoms with E-state index in [2.05, 4.69) is 36.2 Å². The number of carbonyl (C=O) groups is 1. The number of hydrogen-bond donors (Lipinski definition) is 1. The molecule has 0 amide bonds. The van der Waals surface area contributed by atoms with Gasteiger partial charge in [0.2, 0.25) is 0 Å². The molecule has 0 fully saturated rings. The first-order valence-corrected chi connectivity index (χ1v) is 9.52. The highest BCUT2D eigenvalue weighted by molar-refractivity contribution is 7.13. The van der Waals surface area contributed by atoms with Crippen molar-refractivity contribution in [3.63, 3.8) is 0 Å². The second kappa shape index (κ2) is 6.94. The van der Waals surface area contributed by atoms with E-state index in [9.17, 15) is 4.79 Å². The minimum Gasteiger partial charge on any atom is -0.367 e. The van der Waals surface area contributed by atoms with Crippen LogP contribution >= 0.6 is 34.5 Å². The van der Waals surface area contributed by atoms with E-state index in [1.165, 1.54) is 6.20 Å². The molecule has 25 heavy (non-hydrogen) atoms. The molecule has 3 aromatic rings. The first-order chi connectivity index (χ1) is 11.8. The molecule has 0 bridgehead atoms. The van der Waals surface area contributed by atoms with Crippen LogP contribution in [-0.2, 0) is 0 Å². The van der Waals surface area contributed by atoms with Crippen LogP contribution < -0.4 is 5.32 Å².